The molecule has 1 aromatic heterocycles. The van der Waals surface area contributed by atoms with Gasteiger partial charge in [0.15, 0.2) is 0 Å². The van der Waals surface area contributed by atoms with Gasteiger partial charge in [-0.15, -0.1) is 0 Å². The van der Waals surface area contributed by atoms with Gasteiger partial charge in [0.25, 0.3) is 5.91 Å². The lowest BCUT2D eigenvalue weighted by Crippen LogP contribution is -2.55. The third-order valence-corrected chi connectivity index (χ3v) is 5.28. The van der Waals surface area contributed by atoms with Gasteiger partial charge in [-0.05, 0) is 43.7 Å². The molecule has 0 saturated carbocycles. The molecule has 4 heteroatoms. The van der Waals surface area contributed by atoms with Crippen molar-refractivity contribution in [1.29, 1.82) is 0 Å². The second kappa shape index (κ2) is 6.37. The van der Waals surface area contributed by atoms with Gasteiger partial charge in [-0.25, -0.2) is 4.98 Å². The molecule has 0 N–H and O–H groups in total. The summed E-state index contributed by atoms with van der Waals surface area (Å²) < 4.78 is 0. The van der Waals surface area contributed by atoms with Crippen LogP contribution in [0.5, 0.6) is 0 Å². The van der Waals surface area contributed by atoms with Crippen LogP contribution in [0.2, 0.25) is 0 Å². The molecule has 0 aromatic carbocycles. The fraction of sp³-hybridized carbons (Fsp3) is 0.667. The molecule has 0 bridgehead atoms. The standard InChI is InChI=1S/C18H27N3O/c1-13(2)16-12-21(14(16)3)11-15-7-6-8-17(19-15)18(22)20-9-4-5-10-20/h6-8,13-14,16H,4-5,9-12H2,1-3H3. The van der Waals surface area contributed by atoms with E-state index in [0.717, 1.165) is 56.6 Å². The van der Waals surface area contributed by atoms with Crippen molar-refractivity contribution in [2.75, 3.05) is 19.6 Å². The molecule has 2 aliphatic heterocycles. The van der Waals surface area contributed by atoms with Crippen LogP contribution in [0.3, 0.4) is 0 Å². The van der Waals surface area contributed by atoms with Gasteiger partial charge in [-0.1, -0.05) is 19.9 Å². The van der Waals surface area contributed by atoms with Gasteiger partial charge in [0.05, 0.1) is 5.69 Å². The van der Waals surface area contributed by atoms with E-state index in [0.29, 0.717) is 11.7 Å². The van der Waals surface area contributed by atoms with Crippen LogP contribution in [-0.4, -0.2) is 46.4 Å². The highest BCUT2D eigenvalue weighted by atomic mass is 16.2. The minimum atomic E-state index is 0.0936. The first-order chi connectivity index (χ1) is 10.6. The maximum absolute atomic E-state index is 12.4. The number of hydrogen-bond donors (Lipinski definition) is 0. The topological polar surface area (TPSA) is 36.4 Å². The summed E-state index contributed by atoms with van der Waals surface area (Å²) in [6.07, 6.45) is 2.24. The molecule has 2 fully saturated rings. The lowest BCUT2D eigenvalue weighted by Gasteiger charge is -2.48. The molecule has 1 amide bonds. The van der Waals surface area contributed by atoms with Crippen molar-refractivity contribution in [1.82, 2.24) is 14.8 Å². The van der Waals surface area contributed by atoms with E-state index in [1.54, 1.807) is 0 Å². The summed E-state index contributed by atoms with van der Waals surface area (Å²) >= 11 is 0. The van der Waals surface area contributed by atoms with Crippen LogP contribution in [0, 0.1) is 11.8 Å². The first kappa shape index (κ1) is 15.5. The Bertz CT molecular complexity index is 537. The Hall–Kier alpha value is -1.42. The number of carbonyl (C=O) groups is 1. The maximum atomic E-state index is 12.4. The van der Waals surface area contributed by atoms with Crippen LogP contribution in [0.25, 0.3) is 0 Å². The van der Waals surface area contributed by atoms with E-state index in [-0.39, 0.29) is 5.91 Å². The molecule has 3 rings (SSSR count). The fourth-order valence-electron chi connectivity index (χ4n) is 3.68. The summed E-state index contributed by atoms with van der Waals surface area (Å²) in [7, 11) is 0. The molecular weight excluding hydrogens is 274 g/mol. The van der Waals surface area contributed by atoms with Crippen LogP contribution >= 0.6 is 0 Å². The molecule has 2 aliphatic rings. The largest absolute Gasteiger partial charge is 0.337 e. The lowest BCUT2D eigenvalue weighted by molar-refractivity contribution is -0.00752. The monoisotopic (exact) mass is 301 g/mol. The third kappa shape index (κ3) is 3.02. The molecule has 4 nitrogen and oxygen atoms in total. The maximum Gasteiger partial charge on any atom is 0.272 e. The summed E-state index contributed by atoms with van der Waals surface area (Å²) in [5, 5.41) is 0. The molecule has 120 valence electrons. The van der Waals surface area contributed by atoms with Gasteiger partial charge in [0, 0.05) is 32.2 Å². The van der Waals surface area contributed by atoms with Crippen molar-refractivity contribution in [3.05, 3.63) is 29.6 Å². The molecule has 3 heterocycles. The smallest absolute Gasteiger partial charge is 0.272 e. The van der Waals surface area contributed by atoms with Crippen molar-refractivity contribution in [3.63, 3.8) is 0 Å². The van der Waals surface area contributed by atoms with E-state index in [2.05, 4.69) is 30.7 Å². The molecule has 2 unspecified atom stereocenters. The van der Waals surface area contributed by atoms with Crippen molar-refractivity contribution in [2.45, 2.75) is 46.2 Å². The molecular formula is C18H27N3O. The van der Waals surface area contributed by atoms with Crippen LogP contribution < -0.4 is 0 Å². The SMILES string of the molecule is CC(C)C1CN(Cc2cccc(C(=O)N3CCCC3)n2)C1C. The summed E-state index contributed by atoms with van der Waals surface area (Å²) in [5.41, 5.74) is 1.62. The van der Waals surface area contributed by atoms with E-state index >= 15 is 0 Å². The van der Waals surface area contributed by atoms with Crippen molar-refractivity contribution in [2.24, 2.45) is 11.8 Å². The summed E-state index contributed by atoms with van der Waals surface area (Å²) in [5.74, 6) is 1.62. The number of nitrogens with zero attached hydrogens (tertiary/aromatic N) is 3. The Kier molecular flexibility index (Phi) is 4.48. The van der Waals surface area contributed by atoms with E-state index < -0.39 is 0 Å². The lowest BCUT2D eigenvalue weighted by atomic mass is 9.81. The Morgan fingerprint density at radius 2 is 2.05 bits per heavy atom. The Balaban J connectivity index is 1.63. The van der Waals surface area contributed by atoms with Crippen LogP contribution in [-0.2, 0) is 6.54 Å². The highest BCUT2D eigenvalue weighted by Gasteiger charge is 2.37. The van der Waals surface area contributed by atoms with E-state index in [1.165, 1.54) is 0 Å². The van der Waals surface area contributed by atoms with Gasteiger partial charge in [0.1, 0.15) is 5.69 Å². The first-order valence-electron chi connectivity index (χ1n) is 8.55. The first-order valence-corrected chi connectivity index (χ1v) is 8.55. The number of amides is 1. The van der Waals surface area contributed by atoms with Gasteiger partial charge >= 0.3 is 0 Å². The zero-order valence-electron chi connectivity index (χ0n) is 14.0. The highest BCUT2D eigenvalue weighted by Crippen LogP contribution is 2.31. The molecule has 1 aromatic rings. The van der Waals surface area contributed by atoms with Crippen LogP contribution in [0.1, 0.15) is 49.8 Å². The average Bonchev–Trinajstić information content (AvgIpc) is 3.04. The number of aromatic nitrogens is 1. The van der Waals surface area contributed by atoms with E-state index in [9.17, 15) is 4.79 Å². The quantitative estimate of drug-likeness (QED) is 0.858. The Labute approximate surface area is 133 Å². The second-order valence-electron chi connectivity index (χ2n) is 7.09. The van der Waals surface area contributed by atoms with E-state index in [1.807, 2.05) is 23.1 Å². The third-order valence-electron chi connectivity index (χ3n) is 5.28. The molecule has 22 heavy (non-hydrogen) atoms. The van der Waals surface area contributed by atoms with Crippen molar-refractivity contribution < 1.29 is 4.79 Å². The molecule has 0 aliphatic carbocycles. The number of hydrogen-bond acceptors (Lipinski definition) is 3. The van der Waals surface area contributed by atoms with Gasteiger partial charge < -0.3 is 4.90 Å². The minimum Gasteiger partial charge on any atom is -0.337 e. The number of pyridine rings is 1. The highest BCUT2D eigenvalue weighted by molar-refractivity contribution is 5.92. The molecule has 0 radical (unpaired) electrons. The zero-order chi connectivity index (χ0) is 15.7. The van der Waals surface area contributed by atoms with E-state index in [4.69, 9.17) is 0 Å². The second-order valence-corrected chi connectivity index (χ2v) is 7.09. The predicted octanol–water partition coefficient (Wildman–Crippen LogP) is 2.79. The molecule has 2 atom stereocenters. The Morgan fingerprint density at radius 1 is 1.32 bits per heavy atom. The van der Waals surface area contributed by atoms with Gasteiger partial charge in [-0.2, -0.15) is 0 Å². The molecule has 0 spiro atoms. The summed E-state index contributed by atoms with van der Waals surface area (Å²) in [6, 6.07) is 6.46. The Morgan fingerprint density at radius 3 is 2.68 bits per heavy atom. The number of carbonyl (C=O) groups excluding carboxylic acids is 1. The molecule has 2 saturated heterocycles. The summed E-state index contributed by atoms with van der Waals surface area (Å²) in [6.45, 7) is 10.6. The van der Waals surface area contributed by atoms with Gasteiger partial charge in [-0.3, -0.25) is 9.69 Å². The van der Waals surface area contributed by atoms with Gasteiger partial charge in [0.2, 0.25) is 0 Å². The number of rotatable bonds is 4. The predicted molar refractivity (Wildman–Crippen MR) is 87.6 cm³/mol. The zero-order valence-corrected chi connectivity index (χ0v) is 14.0. The number of likely N-dealkylation sites (tertiary alicyclic amines) is 2. The normalized spacial score (nSPS) is 25.5. The van der Waals surface area contributed by atoms with Crippen LogP contribution in [0.15, 0.2) is 18.2 Å². The van der Waals surface area contributed by atoms with Crippen molar-refractivity contribution in [3.8, 4) is 0 Å². The van der Waals surface area contributed by atoms with Crippen LogP contribution in [0.4, 0.5) is 0 Å². The average molecular weight is 301 g/mol. The summed E-state index contributed by atoms with van der Waals surface area (Å²) in [4.78, 5) is 21.4. The van der Waals surface area contributed by atoms with Crippen molar-refractivity contribution >= 4 is 5.91 Å². The minimum absolute atomic E-state index is 0.0936. The fourth-order valence-corrected chi connectivity index (χ4v) is 3.68.